The molecule has 27 heavy (non-hydrogen) atoms. The van der Waals surface area contributed by atoms with Crippen molar-refractivity contribution in [3.8, 4) is 22.6 Å². The fourth-order valence-corrected chi connectivity index (χ4v) is 3.75. The molecule has 4 aromatic carbocycles. The van der Waals surface area contributed by atoms with Gasteiger partial charge in [0.2, 0.25) is 0 Å². The Hall–Kier alpha value is -3.07. The number of phosphoric ester groups is 1. The highest BCUT2D eigenvalue weighted by Gasteiger charge is 2.24. The third kappa shape index (κ3) is 4.03. The maximum Gasteiger partial charge on any atom is 0.584 e. The zero-order chi connectivity index (χ0) is 18.7. The van der Waals surface area contributed by atoms with Gasteiger partial charge in [-0.3, -0.25) is 4.89 Å². The summed E-state index contributed by atoms with van der Waals surface area (Å²) in [6.07, 6.45) is 0. The lowest BCUT2D eigenvalue weighted by Gasteiger charge is -2.14. The van der Waals surface area contributed by atoms with Gasteiger partial charge in [-0.15, -0.1) is 0 Å². The fraction of sp³-hybridized carbons (Fsp3) is 0. The van der Waals surface area contributed by atoms with Crippen LogP contribution >= 0.6 is 7.82 Å². The van der Waals surface area contributed by atoms with Crippen LogP contribution in [0.25, 0.3) is 21.9 Å². The molecule has 0 aliphatic heterocycles. The molecule has 4 nitrogen and oxygen atoms in total. The van der Waals surface area contributed by atoms with Crippen molar-refractivity contribution in [1.82, 2.24) is 0 Å². The Kier molecular flexibility index (Phi) is 4.68. The predicted octanol–water partition coefficient (Wildman–Crippen LogP) is 6.07. The maximum absolute atomic E-state index is 12.2. The number of fused-ring (bicyclic) bond motifs is 1. The first-order chi connectivity index (χ1) is 13.1. The van der Waals surface area contributed by atoms with Gasteiger partial charge >= 0.3 is 7.82 Å². The van der Waals surface area contributed by atoms with Crippen LogP contribution in [0.5, 0.6) is 11.5 Å². The molecule has 1 N–H and O–H groups in total. The molecule has 0 spiro atoms. The van der Waals surface area contributed by atoms with Crippen molar-refractivity contribution >= 4 is 18.6 Å². The van der Waals surface area contributed by atoms with Crippen LogP contribution in [0.4, 0.5) is 0 Å². The zero-order valence-corrected chi connectivity index (χ0v) is 15.3. The minimum atomic E-state index is -4.26. The Bertz CT molecular complexity index is 1100. The molecule has 0 fully saturated rings. The van der Waals surface area contributed by atoms with E-state index < -0.39 is 7.82 Å². The molecule has 0 aromatic heterocycles. The maximum atomic E-state index is 12.2. The molecule has 0 bridgehead atoms. The minimum Gasteiger partial charge on any atom is -0.395 e. The van der Waals surface area contributed by atoms with Crippen LogP contribution in [-0.2, 0) is 4.57 Å². The summed E-state index contributed by atoms with van der Waals surface area (Å²) < 4.78 is 22.4. The molecule has 1 unspecified atom stereocenters. The molecular formula is C22H17O4P. The van der Waals surface area contributed by atoms with Crippen LogP contribution in [0.2, 0.25) is 0 Å². The lowest BCUT2D eigenvalue weighted by atomic mass is 9.98. The summed E-state index contributed by atoms with van der Waals surface area (Å²) in [5, 5.41) is 2.31. The van der Waals surface area contributed by atoms with Gasteiger partial charge < -0.3 is 9.05 Å². The normalized spacial score (nSPS) is 13.1. The largest absolute Gasteiger partial charge is 0.584 e. The summed E-state index contributed by atoms with van der Waals surface area (Å²) in [6, 6.07) is 29.7. The number of para-hydroxylation sites is 1. The van der Waals surface area contributed by atoms with Gasteiger partial charge in [-0.2, -0.15) is 0 Å². The third-order valence-corrected chi connectivity index (χ3v) is 5.02. The van der Waals surface area contributed by atoms with Gasteiger partial charge in [0.05, 0.1) is 0 Å². The summed E-state index contributed by atoms with van der Waals surface area (Å²) in [7, 11) is -4.26. The molecule has 0 aliphatic rings. The van der Waals surface area contributed by atoms with E-state index in [0.717, 1.165) is 21.9 Å². The number of rotatable bonds is 5. The molecular weight excluding hydrogens is 359 g/mol. The highest BCUT2D eigenvalue weighted by atomic mass is 31.2. The zero-order valence-electron chi connectivity index (χ0n) is 14.4. The molecule has 0 saturated carbocycles. The Morgan fingerprint density at radius 2 is 1.22 bits per heavy atom. The Morgan fingerprint density at radius 1 is 0.630 bits per heavy atom. The Balaban J connectivity index is 1.56. The second kappa shape index (κ2) is 7.28. The van der Waals surface area contributed by atoms with Gasteiger partial charge in [-0.1, -0.05) is 72.8 Å². The monoisotopic (exact) mass is 376 g/mol. The van der Waals surface area contributed by atoms with Crippen molar-refractivity contribution in [1.29, 1.82) is 0 Å². The molecule has 5 heteroatoms. The second-order valence-electron chi connectivity index (χ2n) is 6.02. The van der Waals surface area contributed by atoms with E-state index in [-0.39, 0.29) is 11.5 Å². The summed E-state index contributed by atoms with van der Waals surface area (Å²) in [4.78, 5) is 9.96. The highest BCUT2D eigenvalue weighted by molar-refractivity contribution is 7.48. The molecule has 1 atom stereocenters. The quantitative estimate of drug-likeness (QED) is 0.430. The SMILES string of the molecule is O=P(O)(Oc1ccccc1)Oc1ccc(-c2cccc3ccccc23)cc1. The van der Waals surface area contributed by atoms with Crippen LogP contribution in [0.1, 0.15) is 0 Å². The number of hydrogen-bond acceptors (Lipinski definition) is 3. The first-order valence-electron chi connectivity index (χ1n) is 8.46. The van der Waals surface area contributed by atoms with Crippen molar-refractivity contribution < 1.29 is 18.5 Å². The van der Waals surface area contributed by atoms with Crippen molar-refractivity contribution in [3.05, 3.63) is 97.1 Å². The molecule has 0 radical (unpaired) electrons. The lowest BCUT2D eigenvalue weighted by molar-refractivity contribution is 0.291. The summed E-state index contributed by atoms with van der Waals surface area (Å²) in [5.74, 6) is 0.538. The van der Waals surface area contributed by atoms with Crippen molar-refractivity contribution in [2.75, 3.05) is 0 Å². The molecule has 4 rings (SSSR count). The topological polar surface area (TPSA) is 55.8 Å². The van der Waals surface area contributed by atoms with Crippen LogP contribution in [-0.4, -0.2) is 4.89 Å². The van der Waals surface area contributed by atoms with E-state index in [1.807, 2.05) is 36.4 Å². The molecule has 0 saturated heterocycles. The number of benzene rings is 4. The van der Waals surface area contributed by atoms with Crippen molar-refractivity contribution in [2.45, 2.75) is 0 Å². The van der Waals surface area contributed by atoms with Crippen LogP contribution in [0.15, 0.2) is 97.1 Å². The van der Waals surface area contributed by atoms with E-state index >= 15 is 0 Å². The van der Waals surface area contributed by atoms with Gasteiger partial charge in [0.15, 0.2) is 0 Å². The second-order valence-corrected chi connectivity index (χ2v) is 7.32. The molecule has 0 amide bonds. The van der Waals surface area contributed by atoms with Crippen molar-refractivity contribution in [3.63, 3.8) is 0 Å². The van der Waals surface area contributed by atoms with Crippen LogP contribution in [0, 0.1) is 0 Å². The van der Waals surface area contributed by atoms with E-state index in [0.29, 0.717) is 0 Å². The third-order valence-electron chi connectivity index (χ3n) is 4.14. The highest BCUT2D eigenvalue weighted by Crippen LogP contribution is 2.44. The minimum absolute atomic E-state index is 0.265. The predicted molar refractivity (Wildman–Crippen MR) is 107 cm³/mol. The summed E-state index contributed by atoms with van der Waals surface area (Å²) >= 11 is 0. The van der Waals surface area contributed by atoms with Gasteiger partial charge in [0.25, 0.3) is 0 Å². The lowest BCUT2D eigenvalue weighted by Crippen LogP contribution is -1.99. The van der Waals surface area contributed by atoms with E-state index in [9.17, 15) is 9.46 Å². The van der Waals surface area contributed by atoms with Gasteiger partial charge in [-0.25, -0.2) is 4.57 Å². The fourth-order valence-electron chi connectivity index (χ4n) is 2.94. The molecule has 0 aliphatic carbocycles. The molecule has 0 heterocycles. The average molecular weight is 376 g/mol. The van der Waals surface area contributed by atoms with Crippen LogP contribution in [0.3, 0.4) is 0 Å². The van der Waals surface area contributed by atoms with Gasteiger partial charge in [0, 0.05) is 0 Å². The molecule has 134 valence electrons. The first kappa shape index (κ1) is 17.3. The standard InChI is InChI=1S/C22H17O4P/c23-27(24,25-19-9-2-1-3-10-19)26-20-15-13-18(14-16-20)22-12-6-8-17-7-4-5-11-21(17)22/h1-16H,(H,23,24). The summed E-state index contributed by atoms with van der Waals surface area (Å²) in [5.41, 5.74) is 2.09. The molecule has 4 aromatic rings. The average Bonchev–Trinajstić information content (AvgIpc) is 2.68. The van der Waals surface area contributed by atoms with Crippen LogP contribution < -0.4 is 9.05 Å². The first-order valence-corrected chi connectivity index (χ1v) is 9.95. The number of hydrogen-bond donors (Lipinski definition) is 1. The van der Waals surface area contributed by atoms with Gasteiger partial charge in [0.1, 0.15) is 11.5 Å². The van der Waals surface area contributed by atoms with E-state index in [1.165, 1.54) is 0 Å². The Morgan fingerprint density at radius 3 is 1.96 bits per heavy atom. The van der Waals surface area contributed by atoms with Crippen molar-refractivity contribution in [2.24, 2.45) is 0 Å². The van der Waals surface area contributed by atoms with E-state index in [2.05, 4.69) is 18.2 Å². The Labute approximate surface area is 157 Å². The summed E-state index contributed by atoms with van der Waals surface area (Å²) in [6.45, 7) is 0. The van der Waals surface area contributed by atoms with E-state index in [4.69, 9.17) is 9.05 Å². The van der Waals surface area contributed by atoms with Gasteiger partial charge in [-0.05, 0) is 46.2 Å². The smallest absolute Gasteiger partial charge is 0.395 e. The van der Waals surface area contributed by atoms with E-state index in [1.54, 1.807) is 42.5 Å². The number of phosphoric acid groups is 1.